The Morgan fingerprint density at radius 1 is 1.89 bits per heavy atom. The second-order valence-corrected chi connectivity index (χ2v) is 2.39. The number of rotatable bonds is 3. The van der Waals surface area contributed by atoms with Crippen molar-refractivity contribution in [1.29, 1.82) is 5.26 Å². The molecular formula is C5H7N2OS. The highest BCUT2D eigenvalue weighted by molar-refractivity contribution is 8.13. The van der Waals surface area contributed by atoms with E-state index < -0.39 is 0 Å². The van der Waals surface area contributed by atoms with Crippen LogP contribution >= 0.6 is 11.8 Å². The van der Waals surface area contributed by atoms with Crippen molar-refractivity contribution in [3.63, 3.8) is 0 Å². The summed E-state index contributed by atoms with van der Waals surface area (Å²) < 4.78 is 0. The Labute approximate surface area is 58.2 Å². The molecule has 0 atom stereocenters. The van der Waals surface area contributed by atoms with Crippen LogP contribution in [-0.2, 0) is 0 Å². The van der Waals surface area contributed by atoms with Gasteiger partial charge >= 0.3 is 0 Å². The molecule has 0 rings (SSSR count). The summed E-state index contributed by atoms with van der Waals surface area (Å²) in [7, 11) is 0. The highest BCUT2D eigenvalue weighted by atomic mass is 32.2. The molecule has 0 fully saturated rings. The van der Waals surface area contributed by atoms with E-state index in [9.17, 15) is 4.79 Å². The molecule has 0 aromatic heterocycles. The van der Waals surface area contributed by atoms with Crippen molar-refractivity contribution in [2.75, 3.05) is 5.75 Å². The monoisotopic (exact) mass is 143 g/mol. The molecule has 0 bridgehead atoms. The van der Waals surface area contributed by atoms with Crippen LogP contribution in [0.4, 0.5) is 4.79 Å². The molecule has 0 unspecified atom stereocenters. The van der Waals surface area contributed by atoms with Gasteiger partial charge in [0.25, 0.3) is 5.24 Å². The minimum atomic E-state index is -0.388. The molecular weight excluding hydrogens is 136 g/mol. The van der Waals surface area contributed by atoms with Crippen LogP contribution in [0.3, 0.4) is 0 Å². The van der Waals surface area contributed by atoms with Crippen LogP contribution in [0.15, 0.2) is 0 Å². The van der Waals surface area contributed by atoms with E-state index in [4.69, 9.17) is 11.0 Å². The Balaban J connectivity index is 2.94. The molecule has 0 heterocycles. The van der Waals surface area contributed by atoms with Gasteiger partial charge in [0, 0.05) is 5.75 Å². The summed E-state index contributed by atoms with van der Waals surface area (Å²) in [5.74, 6) is 0.600. The third kappa shape index (κ3) is 7.31. The number of hydrogen-bond acceptors (Lipinski definition) is 3. The highest BCUT2D eigenvalue weighted by Gasteiger charge is 1.92. The molecule has 0 spiro atoms. The van der Waals surface area contributed by atoms with Gasteiger partial charge in [-0.25, -0.2) is 0 Å². The number of nitrogens with two attached hydrogens (primary N) is 1. The van der Waals surface area contributed by atoms with Crippen molar-refractivity contribution >= 4 is 17.0 Å². The Morgan fingerprint density at radius 2 is 2.56 bits per heavy atom. The highest BCUT2D eigenvalue weighted by Crippen LogP contribution is 2.01. The molecule has 3 nitrogen and oxygen atoms in total. The lowest BCUT2D eigenvalue weighted by molar-refractivity contribution is 0.267. The van der Waals surface area contributed by atoms with Gasteiger partial charge < -0.3 is 5.73 Å². The normalized spacial score (nSPS) is 8.33. The maximum atomic E-state index is 10.1. The fraction of sp³-hybridized carbons (Fsp3) is 0.400. The number of nitrogens with zero attached hydrogens (tertiary/aromatic N) is 1. The lowest BCUT2D eigenvalue weighted by atomic mass is 10.4. The van der Waals surface area contributed by atoms with Crippen LogP contribution < -0.4 is 5.73 Å². The first-order chi connectivity index (χ1) is 4.27. The molecule has 1 amide bonds. The number of thioether (sulfide) groups is 1. The Kier molecular flexibility index (Phi) is 5.03. The van der Waals surface area contributed by atoms with Gasteiger partial charge in [-0.3, -0.25) is 4.79 Å². The second kappa shape index (κ2) is 5.45. The Bertz CT molecular complexity index is 129. The quantitative estimate of drug-likeness (QED) is 0.597. The number of amides is 1. The molecule has 9 heavy (non-hydrogen) atoms. The summed E-state index contributed by atoms with van der Waals surface area (Å²) in [5.41, 5.74) is 4.80. The van der Waals surface area contributed by atoms with Crippen LogP contribution in [-0.4, -0.2) is 11.0 Å². The minimum Gasteiger partial charge on any atom is -0.361 e. The van der Waals surface area contributed by atoms with Crippen molar-refractivity contribution in [2.45, 2.75) is 6.42 Å². The van der Waals surface area contributed by atoms with Crippen LogP contribution in [0, 0.1) is 17.8 Å². The zero-order valence-electron chi connectivity index (χ0n) is 4.83. The summed E-state index contributed by atoms with van der Waals surface area (Å²) >= 11 is 1.03. The Morgan fingerprint density at radius 3 is 3.00 bits per heavy atom. The molecule has 0 saturated carbocycles. The van der Waals surface area contributed by atoms with Gasteiger partial charge in [-0.2, -0.15) is 5.26 Å². The lowest BCUT2D eigenvalue weighted by Gasteiger charge is -1.89. The van der Waals surface area contributed by atoms with E-state index in [1.165, 1.54) is 6.42 Å². The number of hydrogen-bond donors (Lipinski definition) is 1. The summed E-state index contributed by atoms with van der Waals surface area (Å²) in [6, 6.07) is 1.85. The lowest BCUT2D eigenvalue weighted by Crippen LogP contribution is -2.02. The van der Waals surface area contributed by atoms with Gasteiger partial charge in [-0.05, 0) is 6.42 Å². The van der Waals surface area contributed by atoms with E-state index in [-0.39, 0.29) is 5.24 Å². The van der Waals surface area contributed by atoms with Crippen molar-refractivity contribution in [3.8, 4) is 6.07 Å². The van der Waals surface area contributed by atoms with Crippen molar-refractivity contribution in [3.05, 3.63) is 6.42 Å². The molecule has 4 heteroatoms. The summed E-state index contributed by atoms with van der Waals surface area (Å²) in [6.07, 6.45) is 2.06. The van der Waals surface area contributed by atoms with Crippen molar-refractivity contribution in [1.82, 2.24) is 0 Å². The third-order valence-electron chi connectivity index (χ3n) is 0.598. The SMILES string of the molecule is N#C[CH]CCSC(N)=O. The van der Waals surface area contributed by atoms with E-state index in [0.717, 1.165) is 11.8 Å². The molecule has 0 aliphatic rings. The van der Waals surface area contributed by atoms with Gasteiger partial charge in [0.05, 0.1) is 12.5 Å². The smallest absolute Gasteiger partial charge is 0.276 e. The zero-order chi connectivity index (χ0) is 7.11. The first-order valence-corrected chi connectivity index (χ1v) is 3.39. The molecule has 2 N–H and O–H groups in total. The first kappa shape index (κ1) is 8.31. The fourth-order valence-corrected chi connectivity index (χ4v) is 0.720. The van der Waals surface area contributed by atoms with E-state index in [1.807, 2.05) is 6.07 Å². The number of carbonyl (C=O) groups excluding carboxylic acids is 1. The van der Waals surface area contributed by atoms with Gasteiger partial charge in [0.15, 0.2) is 0 Å². The first-order valence-electron chi connectivity index (χ1n) is 2.41. The summed E-state index contributed by atoms with van der Waals surface area (Å²) in [6.45, 7) is 0. The standard InChI is InChI=1S/C5H7N2OS/c6-3-1-2-4-9-5(7)8/h1H,2,4H2,(H2,7,8). The molecule has 0 saturated heterocycles. The third-order valence-corrected chi connectivity index (χ3v) is 1.32. The second-order valence-electron chi connectivity index (χ2n) is 1.29. The summed E-state index contributed by atoms with van der Waals surface area (Å²) in [4.78, 5) is 10.1. The Hall–Kier alpha value is -0.690. The van der Waals surface area contributed by atoms with Gasteiger partial charge in [0.2, 0.25) is 0 Å². The molecule has 49 valence electrons. The molecule has 0 aromatic rings. The molecule has 0 aliphatic heterocycles. The van der Waals surface area contributed by atoms with Crippen LogP contribution in [0.2, 0.25) is 0 Å². The number of unbranched alkanes of at least 4 members (excludes halogenated alkanes) is 1. The van der Waals surface area contributed by atoms with Crippen molar-refractivity contribution < 1.29 is 4.79 Å². The molecule has 1 radical (unpaired) electrons. The van der Waals surface area contributed by atoms with Crippen LogP contribution in [0.25, 0.3) is 0 Å². The van der Waals surface area contributed by atoms with Gasteiger partial charge in [0.1, 0.15) is 0 Å². The number of nitriles is 1. The molecule has 0 aliphatic carbocycles. The number of carbonyl (C=O) groups is 1. The predicted octanol–water partition coefficient (Wildman–Crippen LogP) is 0.916. The largest absolute Gasteiger partial charge is 0.361 e. The average molecular weight is 143 g/mol. The van der Waals surface area contributed by atoms with E-state index in [2.05, 4.69) is 0 Å². The minimum absolute atomic E-state index is 0.388. The van der Waals surface area contributed by atoms with E-state index in [0.29, 0.717) is 12.2 Å². The van der Waals surface area contributed by atoms with Crippen LogP contribution in [0.5, 0.6) is 0 Å². The number of primary amides is 1. The predicted molar refractivity (Wildman–Crippen MR) is 36.6 cm³/mol. The zero-order valence-corrected chi connectivity index (χ0v) is 5.65. The maximum absolute atomic E-state index is 10.1. The van der Waals surface area contributed by atoms with E-state index in [1.54, 1.807) is 0 Å². The van der Waals surface area contributed by atoms with Crippen LogP contribution in [0.1, 0.15) is 6.42 Å². The summed E-state index contributed by atoms with van der Waals surface area (Å²) in [5, 5.41) is 7.61. The topological polar surface area (TPSA) is 66.9 Å². The maximum Gasteiger partial charge on any atom is 0.276 e. The van der Waals surface area contributed by atoms with E-state index >= 15 is 0 Å². The molecule has 0 aromatic carbocycles. The average Bonchev–Trinajstić information content (AvgIpc) is 1.80. The van der Waals surface area contributed by atoms with Gasteiger partial charge in [-0.1, -0.05) is 11.8 Å². The van der Waals surface area contributed by atoms with Crippen molar-refractivity contribution in [2.24, 2.45) is 5.73 Å². The fourth-order valence-electron chi connectivity index (χ4n) is 0.283. The van der Waals surface area contributed by atoms with Gasteiger partial charge in [-0.15, -0.1) is 0 Å².